The Hall–Kier alpha value is -3.22. The number of hydrogen-bond acceptors (Lipinski definition) is 5. The fraction of sp³-hybridized carbons (Fsp3) is 0.286. The molecule has 2 rings (SSSR count). The number of ketones is 1. The topological polar surface area (TPSA) is 81.7 Å². The van der Waals surface area contributed by atoms with E-state index in [9.17, 15) is 18.8 Å². The average molecular weight is 387 g/mol. The summed E-state index contributed by atoms with van der Waals surface area (Å²) in [7, 11) is 1.34. The van der Waals surface area contributed by atoms with Crippen LogP contribution in [0.3, 0.4) is 0 Å². The zero-order chi connectivity index (χ0) is 20.5. The maximum Gasteiger partial charge on any atom is 0.310 e. The van der Waals surface area contributed by atoms with Crippen LogP contribution < -0.4 is 10.1 Å². The zero-order valence-corrected chi connectivity index (χ0v) is 15.7. The standard InChI is InChI=1S/C21H22FNO5/c1-14(24)18(11-15-6-4-3-5-7-15)23-20(25)13-28-21(26)12-16-8-9-19(27-2)17(22)10-16/h3-10,18H,11-13H2,1-2H3,(H,23,25)/t18-/m1/s1. The molecule has 6 nitrogen and oxygen atoms in total. The van der Waals surface area contributed by atoms with Gasteiger partial charge in [-0.05, 0) is 36.6 Å². The lowest BCUT2D eigenvalue weighted by atomic mass is 10.0. The van der Waals surface area contributed by atoms with Crippen LogP contribution in [0.4, 0.5) is 4.39 Å². The molecule has 2 aromatic carbocycles. The Kier molecular flexibility index (Phi) is 7.68. The van der Waals surface area contributed by atoms with Crippen LogP contribution in [-0.2, 0) is 32.0 Å². The third-order valence-electron chi connectivity index (χ3n) is 4.04. The number of halogens is 1. The normalized spacial score (nSPS) is 11.4. The Morgan fingerprint density at radius 2 is 1.79 bits per heavy atom. The van der Waals surface area contributed by atoms with Gasteiger partial charge in [-0.1, -0.05) is 36.4 Å². The van der Waals surface area contributed by atoms with Gasteiger partial charge in [-0.2, -0.15) is 0 Å². The van der Waals surface area contributed by atoms with E-state index < -0.39 is 30.3 Å². The fourth-order valence-corrected chi connectivity index (χ4v) is 2.57. The van der Waals surface area contributed by atoms with Crippen LogP contribution in [0.2, 0.25) is 0 Å². The van der Waals surface area contributed by atoms with E-state index >= 15 is 0 Å². The summed E-state index contributed by atoms with van der Waals surface area (Å²) in [6, 6.07) is 12.7. The molecule has 7 heteroatoms. The van der Waals surface area contributed by atoms with Gasteiger partial charge in [0.15, 0.2) is 24.0 Å². The van der Waals surface area contributed by atoms with E-state index in [1.54, 1.807) is 0 Å². The van der Waals surface area contributed by atoms with Crippen molar-refractivity contribution in [2.75, 3.05) is 13.7 Å². The summed E-state index contributed by atoms with van der Waals surface area (Å²) in [5.74, 6) is -1.97. The van der Waals surface area contributed by atoms with Crippen LogP contribution in [0, 0.1) is 5.82 Å². The molecule has 1 amide bonds. The summed E-state index contributed by atoms with van der Waals surface area (Å²) in [6.07, 6.45) is 0.162. The van der Waals surface area contributed by atoms with Gasteiger partial charge < -0.3 is 14.8 Å². The summed E-state index contributed by atoms with van der Waals surface area (Å²) in [4.78, 5) is 35.7. The lowest BCUT2D eigenvalue weighted by molar-refractivity contribution is -0.148. The molecule has 0 heterocycles. The van der Waals surface area contributed by atoms with Crippen molar-refractivity contribution in [3.63, 3.8) is 0 Å². The predicted octanol–water partition coefficient (Wildman–Crippen LogP) is 2.24. The van der Waals surface area contributed by atoms with Crippen LogP contribution in [-0.4, -0.2) is 37.4 Å². The highest BCUT2D eigenvalue weighted by Gasteiger charge is 2.18. The maximum absolute atomic E-state index is 13.6. The minimum absolute atomic E-state index is 0.0742. The van der Waals surface area contributed by atoms with Gasteiger partial charge in [-0.3, -0.25) is 14.4 Å². The second-order valence-electron chi connectivity index (χ2n) is 6.23. The molecular formula is C21H22FNO5. The number of esters is 1. The summed E-state index contributed by atoms with van der Waals surface area (Å²) in [5, 5.41) is 2.57. The largest absolute Gasteiger partial charge is 0.494 e. The van der Waals surface area contributed by atoms with Crippen LogP contribution in [0.1, 0.15) is 18.1 Å². The number of carbonyl (C=O) groups is 3. The number of rotatable bonds is 9. The molecule has 0 aromatic heterocycles. The third kappa shape index (κ3) is 6.50. The van der Waals surface area contributed by atoms with E-state index in [1.165, 1.54) is 32.2 Å². The number of nitrogens with one attached hydrogen (secondary N) is 1. The quantitative estimate of drug-likeness (QED) is 0.668. The Labute approximate surface area is 162 Å². The van der Waals surface area contributed by atoms with Gasteiger partial charge >= 0.3 is 5.97 Å². The Bertz CT molecular complexity index is 838. The number of amides is 1. The molecule has 0 aliphatic rings. The molecule has 28 heavy (non-hydrogen) atoms. The first kappa shape index (κ1) is 21.1. The van der Waals surface area contributed by atoms with Gasteiger partial charge in [0.05, 0.1) is 19.6 Å². The Morgan fingerprint density at radius 1 is 1.07 bits per heavy atom. The van der Waals surface area contributed by atoms with Crippen molar-refractivity contribution in [3.8, 4) is 5.75 Å². The maximum atomic E-state index is 13.6. The lowest BCUT2D eigenvalue weighted by Gasteiger charge is -2.16. The van der Waals surface area contributed by atoms with Gasteiger partial charge in [-0.15, -0.1) is 0 Å². The van der Waals surface area contributed by atoms with E-state index in [-0.39, 0.29) is 18.0 Å². The smallest absolute Gasteiger partial charge is 0.310 e. The lowest BCUT2D eigenvalue weighted by Crippen LogP contribution is -2.43. The molecule has 0 unspecified atom stereocenters. The second-order valence-corrected chi connectivity index (χ2v) is 6.23. The van der Waals surface area contributed by atoms with Gasteiger partial charge in [0.2, 0.25) is 0 Å². The van der Waals surface area contributed by atoms with Crippen molar-refractivity contribution in [2.45, 2.75) is 25.8 Å². The molecule has 0 saturated heterocycles. The van der Waals surface area contributed by atoms with Gasteiger partial charge in [0.25, 0.3) is 5.91 Å². The second kappa shape index (κ2) is 10.2. The van der Waals surface area contributed by atoms with E-state index in [1.807, 2.05) is 30.3 Å². The van der Waals surface area contributed by atoms with Gasteiger partial charge in [-0.25, -0.2) is 4.39 Å². The molecule has 0 radical (unpaired) electrons. The highest BCUT2D eigenvalue weighted by Crippen LogP contribution is 2.18. The van der Waals surface area contributed by atoms with E-state index in [0.29, 0.717) is 12.0 Å². The summed E-state index contributed by atoms with van der Waals surface area (Å²) in [6.45, 7) is 0.869. The van der Waals surface area contributed by atoms with E-state index in [0.717, 1.165) is 5.56 Å². The van der Waals surface area contributed by atoms with Crippen LogP contribution in [0.15, 0.2) is 48.5 Å². The molecular weight excluding hydrogens is 365 g/mol. The number of methoxy groups -OCH3 is 1. The van der Waals surface area contributed by atoms with Gasteiger partial charge in [0, 0.05) is 0 Å². The number of benzene rings is 2. The van der Waals surface area contributed by atoms with Crippen molar-refractivity contribution in [1.82, 2.24) is 5.32 Å². The molecule has 1 atom stereocenters. The molecule has 0 saturated carbocycles. The molecule has 0 spiro atoms. The van der Waals surface area contributed by atoms with E-state index in [2.05, 4.69) is 5.32 Å². The molecule has 148 valence electrons. The highest BCUT2D eigenvalue weighted by molar-refractivity contribution is 5.89. The SMILES string of the molecule is COc1ccc(CC(=O)OCC(=O)N[C@H](Cc2ccccc2)C(C)=O)cc1F. The van der Waals surface area contributed by atoms with Crippen molar-refractivity contribution in [2.24, 2.45) is 0 Å². The highest BCUT2D eigenvalue weighted by atomic mass is 19.1. The summed E-state index contributed by atoms with van der Waals surface area (Å²) < 4.78 is 23.4. The zero-order valence-electron chi connectivity index (χ0n) is 15.7. The van der Waals surface area contributed by atoms with E-state index in [4.69, 9.17) is 9.47 Å². The molecule has 0 bridgehead atoms. The minimum Gasteiger partial charge on any atom is -0.494 e. The number of carbonyl (C=O) groups excluding carboxylic acids is 3. The third-order valence-corrected chi connectivity index (χ3v) is 4.04. The first-order valence-corrected chi connectivity index (χ1v) is 8.71. The van der Waals surface area contributed by atoms with Crippen molar-refractivity contribution < 1.29 is 28.2 Å². The molecule has 0 aliphatic carbocycles. The number of ether oxygens (including phenoxy) is 2. The Balaban J connectivity index is 1.83. The van der Waals surface area contributed by atoms with Gasteiger partial charge in [0.1, 0.15) is 0 Å². The first-order valence-electron chi connectivity index (χ1n) is 8.71. The summed E-state index contributed by atoms with van der Waals surface area (Å²) >= 11 is 0. The van der Waals surface area contributed by atoms with Crippen molar-refractivity contribution >= 4 is 17.7 Å². The van der Waals surface area contributed by atoms with Crippen molar-refractivity contribution in [3.05, 3.63) is 65.5 Å². The molecule has 1 N–H and O–H groups in total. The predicted molar refractivity (Wildman–Crippen MR) is 100 cm³/mol. The van der Waals surface area contributed by atoms with Crippen molar-refractivity contribution in [1.29, 1.82) is 0 Å². The number of hydrogen-bond donors (Lipinski definition) is 1. The monoisotopic (exact) mass is 387 g/mol. The molecule has 2 aromatic rings. The molecule has 0 aliphatic heterocycles. The minimum atomic E-state index is -0.704. The van der Waals surface area contributed by atoms with Crippen LogP contribution >= 0.6 is 0 Å². The Morgan fingerprint density at radius 3 is 2.39 bits per heavy atom. The summed E-state index contributed by atoms with van der Waals surface area (Å²) in [5.41, 5.74) is 1.30. The fourth-order valence-electron chi connectivity index (χ4n) is 2.57. The average Bonchev–Trinajstić information content (AvgIpc) is 2.67. The molecule has 0 fully saturated rings. The number of Topliss-reactive ketones (excluding diaryl/α,β-unsaturated/α-hetero) is 1. The van der Waals surface area contributed by atoms with Crippen LogP contribution in [0.5, 0.6) is 5.75 Å². The first-order chi connectivity index (χ1) is 13.4. The van der Waals surface area contributed by atoms with Crippen LogP contribution in [0.25, 0.3) is 0 Å².